The number of hydrogen-bond donors (Lipinski definition) is 1. The summed E-state index contributed by atoms with van der Waals surface area (Å²) in [7, 11) is 0. The number of anilines is 1. The van der Waals surface area contributed by atoms with Gasteiger partial charge in [-0.05, 0) is 6.07 Å². The fourth-order valence-corrected chi connectivity index (χ4v) is 3.72. The molecule has 1 aliphatic heterocycles. The quantitative estimate of drug-likeness (QED) is 0.913. The Morgan fingerprint density at radius 2 is 2.24 bits per heavy atom. The van der Waals surface area contributed by atoms with Crippen molar-refractivity contribution in [2.75, 3.05) is 23.7 Å². The summed E-state index contributed by atoms with van der Waals surface area (Å²) >= 11 is 2.43. The van der Waals surface area contributed by atoms with Crippen molar-refractivity contribution < 1.29 is 22.8 Å². The fourth-order valence-electron chi connectivity index (χ4n) is 1.62. The number of amides is 2. The number of rotatable bonds is 3. The highest BCUT2D eigenvalue weighted by Gasteiger charge is 2.31. The zero-order valence-corrected chi connectivity index (χ0v) is 12.0. The third-order valence-corrected chi connectivity index (χ3v) is 4.79. The molecule has 0 saturated carbocycles. The molecule has 1 aromatic rings. The summed E-state index contributed by atoms with van der Waals surface area (Å²) in [5.41, 5.74) is 0.403. The van der Waals surface area contributed by atoms with Crippen LogP contribution in [-0.4, -0.2) is 36.8 Å². The van der Waals surface area contributed by atoms with Gasteiger partial charge in [0.1, 0.15) is 24.0 Å². The second-order valence-electron chi connectivity index (χ2n) is 4.06. The Labute approximate surface area is 125 Å². The average Bonchev–Trinajstić information content (AvgIpc) is 2.82. The number of nitrogens with zero attached hydrogens (tertiary/aromatic N) is 2. The minimum absolute atomic E-state index is 0.0882. The zero-order chi connectivity index (χ0) is 15.6. The molecule has 2 rings (SSSR count). The maximum atomic E-state index is 12.0. The van der Waals surface area contributed by atoms with Crippen molar-refractivity contribution in [1.29, 1.82) is 5.26 Å². The summed E-state index contributed by atoms with van der Waals surface area (Å²) in [5.74, 6) is -1.19. The number of carbonyl (C=O) groups is 2. The predicted octanol–water partition coefficient (Wildman–Crippen LogP) is 1.74. The Balaban J connectivity index is 2.09. The highest BCUT2D eigenvalue weighted by atomic mass is 32.2. The van der Waals surface area contributed by atoms with Crippen molar-refractivity contribution in [2.24, 2.45) is 0 Å². The van der Waals surface area contributed by atoms with E-state index in [-0.39, 0.29) is 11.7 Å². The molecule has 2 heterocycles. The van der Waals surface area contributed by atoms with Gasteiger partial charge in [-0.15, -0.1) is 23.1 Å². The Morgan fingerprint density at radius 3 is 2.86 bits per heavy atom. The van der Waals surface area contributed by atoms with Crippen LogP contribution in [0.2, 0.25) is 0 Å². The van der Waals surface area contributed by atoms with Gasteiger partial charge >= 0.3 is 6.18 Å². The Kier molecular flexibility index (Phi) is 4.43. The molecule has 5 nitrogen and oxygen atoms in total. The van der Waals surface area contributed by atoms with Crippen LogP contribution in [0.15, 0.2) is 10.3 Å². The maximum absolute atomic E-state index is 12.0. The van der Waals surface area contributed by atoms with Crippen molar-refractivity contribution in [3.05, 3.63) is 10.9 Å². The summed E-state index contributed by atoms with van der Waals surface area (Å²) in [6.45, 7) is -1.94. The van der Waals surface area contributed by atoms with E-state index in [1.807, 2.05) is 6.07 Å². The Bertz CT molecular complexity index is 621. The van der Waals surface area contributed by atoms with Crippen LogP contribution in [0.5, 0.6) is 0 Å². The van der Waals surface area contributed by atoms with Crippen LogP contribution in [0, 0.1) is 11.3 Å². The number of alkyl halides is 3. The summed E-state index contributed by atoms with van der Waals surface area (Å²) in [6.07, 6.45) is -4.50. The first-order valence-corrected chi connectivity index (χ1v) is 7.41. The zero-order valence-electron chi connectivity index (χ0n) is 10.4. The second kappa shape index (κ2) is 5.95. The van der Waals surface area contributed by atoms with Crippen molar-refractivity contribution in [3.8, 4) is 6.07 Å². The smallest absolute Gasteiger partial charge is 0.345 e. The van der Waals surface area contributed by atoms with E-state index < -0.39 is 25.2 Å². The molecule has 10 heteroatoms. The molecule has 1 aliphatic rings. The lowest BCUT2D eigenvalue weighted by molar-refractivity contribution is -0.137. The number of thioether (sulfide) groups is 1. The predicted molar refractivity (Wildman–Crippen MR) is 71.2 cm³/mol. The van der Waals surface area contributed by atoms with E-state index in [0.717, 1.165) is 4.90 Å². The van der Waals surface area contributed by atoms with E-state index in [9.17, 15) is 22.8 Å². The normalized spacial score (nSPS) is 14.6. The van der Waals surface area contributed by atoms with Crippen molar-refractivity contribution in [3.63, 3.8) is 0 Å². The van der Waals surface area contributed by atoms with Gasteiger partial charge in [-0.3, -0.25) is 9.59 Å². The molecule has 0 unspecified atom stereocenters. The Morgan fingerprint density at radius 1 is 1.52 bits per heavy atom. The van der Waals surface area contributed by atoms with Crippen LogP contribution >= 0.6 is 23.1 Å². The molecule has 0 fully saturated rings. The number of nitriles is 1. The Hall–Kier alpha value is -1.73. The molecule has 0 aliphatic carbocycles. The molecule has 0 bridgehead atoms. The first-order chi connectivity index (χ1) is 9.80. The van der Waals surface area contributed by atoms with Crippen molar-refractivity contribution >= 4 is 40.6 Å². The van der Waals surface area contributed by atoms with Crippen LogP contribution in [0.1, 0.15) is 4.88 Å². The third-order valence-electron chi connectivity index (χ3n) is 2.50. The fraction of sp³-hybridized carbons (Fsp3) is 0.364. The lowest BCUT2D eigenvalue weighted by Gasteiger charge is -2.25. The van der Waals surface area contributed by atoms with E-state index in [1.54, 1.807) is 5.32 Å². The highest BCUT2D eigenvalue weighted by Crippen LogP contribution is 2.41. The van der Waals surface area contributed by atoms with Gasteiger partial charge < -0.3 is 10.2 Å². The molecule has 0 spiro atoms. The number of thiophene rings is 1. The van der Waals surface area contributed by atoms with Gasteiger partial charge in [0.15, 0.2) is 0 Å². The largest absolute Gasteiger partial charge is 0.405 e. The standard InChI is InChI=1S/C11H8F3N3O2S2/c12-11(13,14)5-16-8(18)3-17-7-1-6(2-15)21-10(7)20-4-9(17)19/h1H,3-5H2,(H,16,18). The van der Waals surface area contributed by atoms with E-state index in [4.69, 9.17) is 5.26 Å². The summed E-state index contributed by atoms with van der Waals surface area (Å²) in [4.78, 5) is 24.8. The summed E-state index contributed by atoms with van der Waals surface area (Å²) < 4.78 is 36.8. The summed E-state index contributed by atoms with van der Waals surface area (Å²) in [5, 5.41) is 10.6. The molecular weight excluding hydrogens is 327 g/mol. The van der Waals surface area contributed by atoms with E-state index >= 15 is 0 Å². The van der Waals surface area contributed by atoms with Gasteiger partial charge in [0.25, 0.3) is 0 Å². The minimum Gasteiger partial charge on any atom is -0.345 e. The molecule has 0 radical (unpaired) electrons. The van der Waals surface area contributed by atoms with E-state index in [0.29, 0.717) is 14.8 Å². The van der Waals surface area contributed by atoms with Crippen LogP contribution < -0.4 is 10.2 Å². The van der Waals surface area contributed by atoms with Gasteiger partial charge in [-0.1, -0.05) is 0 Å². The molecule has 21 heavy (non-hydrogen) atoms. The third kappa shape index (κ3) is 3.89. The van der Waals surface area contributed by atoms with Crippen LogP contribution in [0.3, 0.4) is 0 Å². The van der Waals surface area contributed by atoms with E-state index in [2.05, 4.69) is 0 Å². The van der Waals surface area contributed by atoms with Gasteiger partial charge in [0, 0.05) is 0 Å². The first-order valence-electron chi connectivity index (χ1n) is 5.60. The SMILES string of the molecule is N#Cc1cc2c(s1)SCC(=O)N2CC(=O)NCC(F)(F)F. The second-order valence-corrected chi connectivity index (χ2v) is 6.35. The van der Waals surface area contributed by atoms with Crippen LogP contribution in [0.4, 0.5) is 18.9 Å². The van der Waals surface area contributed by atoms with Crippen molar-refractivity contribution in [1.82, 2.24) is 5.32 Å². The monoisotopic (exact) mass is 335 g/mol. The molecular formula is C11H8F3N3O2S2. The lowest BCUT2D eigenvalue weighted by atomic mass is 10.3. The average molecular weight is 335 g/mol. The molecule has 0 atom stereocenters. The highest BCUT2D eigenvalue weighted by molar-refractivity contribution is 8.02. The van der Waals surface area contributed by atoms with Crippen LogP contribution in [-0.2, 0) is 9.59 Å². The molecule has 0 saturated heterocycles. The maximum Gasteiger partial charge on any atom is 0.405 e. The molecule has 1 aromatic heterocycles. The van der Waals surface area contributed by atoms with Gasteiger partial charge in [-0.25, -0.2) is 0 Å². The molecule has 1 N–H and O–H groups in total. The van der Waals surface area contributed by atoms with Crippen LogP contribution in [0.25, 0.3) is 0 Å². The number of halogens is 3. The molecule has 112 valence electrons. The van der Waals surface area contributed by atoms with Gasteiger partial charge in [-0.2, -0.15) is 18.4 Å². The van der Waals surface area contributed by atoms with Gasteiger partial charge in [0.2, 0.25) is 11.8 Å². The van der Waals surface area contributed by atoms with E-state index in [1.165, 1.54) is 29.2 Å². The lowest BCUT2D eigenvalue weighted by Crippen LogP contribution is -2.45. The number of fused-ring (bicyclic) bond motifs is 1. The van der Waals surface area contributed by atoms with Crippen molar-refractivity contribution in [2.45, 2.75) is 10.4 Å². The number of hydrogen-bond acceptors (Lipinski definition) is 5. The number of carbonyl (C=O) groups excluding carboxylic acids is 2. The summed E-state index contributed by atoms with van der Waals surface area (Å²) in [6, 6.07) is 3.40. The molecule has 0 aromatic carbocycles. The number of nitrogens with one attached hydrogen (secondary N) is 1. The topological polar surface area (TPSA) is 73.2 Å². The van der Waals surface area contributed by atoms with Gasteiger partial charge in [0.05, 0.1) is 15.6 Å². The minimum atomic E-state index is -4.50. The first kappa shape index (κ1) is 15.7. The molecule has 2 amide bonds.